The predicted molar refractivity (Wildman–Crippen MR) is 125 cm³/mol. The normalized spacial score (nSPS) is 12.1. The van der Waals surface area contributed by atoms with E-state index in [0.29, 0.717) is 23.0 Å². The van der Waals surface area contributed by atoms with Gasteiger partial charge in [0.15, 0.2) is 19.7 Å². The molecule has 0 aliphatic carbocycles. The molecule has 0 spiro atoms. The molecule has 2 amide bonds. The summed E-state index contributed by atoms with van der Waals surface area (Å²) in [7, 11) is -11.8. The van der Waals surface area contributed by atoms with Crippen LogP contribution in [0.4, 0.5) is 0 Å². The number of benzene rings is 1. The van der Waals surface area contributed by atoms with Gasteiger partial charge in [-0.2, -0.15) is 8.42 Å². The standard InChI is InChI=1S/C19H26N2O10S3/c1-3-32(24,25)13-17(22)20-19(21-18(23)14-33(26,27)4-2)15-7-9-16(10-8-15)31-11-5-6-12-34(28,29)30/h3-4,7-10,19H,1-2,5-6,11-14H2,(H,20,22)(H,21,23)(H,28,29,30). The van der Waals surface area contributed by atoms with Gasteiger partial charge in [-0.25, -0.2) is 16.8 Å². The average molecular weight is 539 g/mol. The second-order valence-corrected chi connectivity index (χ2v) is 12.4. The second kappa shape index (κ2) is 12.6. The van der Waals surface area contributed by atoms with E-state index >= 15 is 0 Å². The summed E-state index contributed by atoms with van der Waals surface area (Å²) in [6.07, 6.45) is -0.715. The largest absolute Gasteiger partial charge is 0.494 e. The Kier molecular flexibility index (Phi) is 10.9. The highest BCUT2D eigenvalue weighted by atomic mass is 32.2. The summed E-state index contributed by atoms with van der Waals surface area (Å²) in [5, 5.41) is 5.84. The monoisotopic (exact) mass is 538 g/mol. The molecule has 0 atom stereocenters. The van der Waals surface area contributed by atoms with E-state index in [-0.39, 0.29) is 24.3 Å². The van der Waals surface area contributed by atoms with Crippen LogP contribution in [0, 0.1) is 0 Å². The van der Waals surface area contributed by atoms with Crippen molar-refractivity contribution in [1.29, 1.82) is 0 Å². The van der Waals surface area contributed by atoms with Crippen molar-refractivity contribution in [3.8, 4) is 5.75 Å². The Labute approximate surface area is 198 Å². The first kappa shape index (κ1) is 29.3. The summed E-state index contributed by atoms with van der Waals surface area (Å²) in [6.45, 7) is 6.37. The topological polar surface area (TPSA) is 190 Å². The van der Waals surface area contributed by atoms with E-state index in [9.17, 15) is 34.8 Å². The van der Waals surface area contributed by atoms with Crippen molar-refractivity contribution in [1.82, 2.24) is 10.6 Å². The van der Waals surface area contributed by atoms with Crippen LogP contribution in [-0.2, 0) is 39.4 Å². The zero-order valence-electron chi connectivity index (χ0n) is 18.0. The van der Waals surface area contributed by atoms with E-state index in [1.807, 2.05) is 0 Å². The Morgan fingerprint density at radius 1 is 0.882 bits per heavy atom. The third-order valence-corrected chi connectivity index (χ3v) is 7.21. The molecule has 12 nitrogen and oxygen atoms in total. The number of rotatable bonds is 15. The molecule has 0 bridgehead atoms. The lowest BCUT2D eigenvalue weighted by atomic mass is 10.1. The lowest BCUT2D eigenvalue weighted by molar-refractivity contribution is -0.121. The molecule has 0 heterocycles. The van der Waals surface area contributed by atoms with Gasteiger partial charge in [-0.05, 0) is 30.5 Å². The maximum Gasteiger partial charge on any atom is 0.264 e. The molecule has 0 aliphatic heterocycles. The molecule has 0 saturated heterocycles. The van der Waals surface area contributed by atoms with Crippen molar-refractivity contribution in [3.05, 3.63) is 53.8 Å². The van der Waals surface area contributed by atoms with Gasteiger partial charge < -0.3 is 15.4 Å². The molecule has 15 heteroatoms. The minimum atomic E-state index is -4.04. The minimum Gasteiger partial charge on any atom is -0.494 e. The van der Waals surface area contributed by atoms with Gasteiger partial charge in [0.1, 0.15) is 23.4 Å². The number of carbonyl (C=O) groups excluding carboxylic acids is 2. The molecule has 0 fully saturated rings. The predicted octanol–water partition coefficient (Wildman–Crippen LogP) is 0.0810. The van der Waals surface area contributed by atoms with Crippen LogP contribution in [0.1, 0.15) is 24.6 Å². The van der Waals surface area contributed by atoms with Crippen molar-refractivity contribution >= 4 is 41.6 Å². The molecular formula is C19H26N2O10S3. The number of amides is 2. The molecule has 0 saturated carbocycles. The third kappa shape index (κ3) is 11.9. The lowest BCUT2D eigenvalue weighted by Crippen LogP contribution is -2.44. The van der Waals surface area contributed by atoms with Gasteiger partial charge in [-0.1, -0.05) is 25.3 Å². The van der Waals surface area contributed by atoms with Crippen LogP contribution in [0.3, 0.4) is 0 Å². The summed E-state index contributed by atoms with van der Waals surface area (Å²) < 4.78 is 81.9. The molecule has 34 heavy (non-hydrogen) atoms. The smallest absolute Gasteiger partial charge is 0.264 e. The van der Waals surface area contributed by atoms with Gasteiger partial charge in [0.25, 0.3) is 10.1 Å². The Bertz CT molecular complexity index is 1150. The number of ether oxygens (including phenoxy) is 1. The fourth-order valence-corrected chi connectivity index (χ4v) is 4.13. The molecule has 1 rings (SSSR count). The lowest BCUT2D eigenvalue weighted by Gasteiger charge is -2.21. The maximum absolute atomic E-state index is 12.2. The van der Waals surface area contributed by atoms with E-state index in [4.69, 9.17) is 9.29 Å². The van der Waals surface area contributed by atoms with E-state index in [0.717, 1.165) is 0 Å². The highest BCUT2D eigenvalue weighted by Crippen LogP contribution is 2.17. The summed E-state index contributed by atoms with van der Waals surface area (Å²) in [6, 6.07) is 5.85. The number of hydrogen-bond donors (Lipinski definition) is 3. The van der Waals surface area contributed by atoms with Gasteiger partial charge in [-0.3, -0.25) is 14.1 Å². The zero-order chi connectivity index (χ0) is 26.0. The third-order valence-electron chi connectivity index (χ3n) is 4.06. The molecule has 0 unspecified atom stereocenters. The number of unbranched alkanes of at least 4 members (excludes halogenated alkanes) is 1. The van der Waals surface area contributed by atoms with Crippen molar-refractivity contribution in [2.45, 2.75) is 19.0 Å². The van der Waals surface area contributed by atoms with Gasteiger partial charge in [0.2, 0.25) is 11.8 Å². The average Bonchev–Trinajstić information content (AvgIpc) is 2.72. The Hall–Kier alpha value is -2.75. The molecule has 0 aromatic heterocycles. The fraction of sp³-hybridized carbons (Fsp3) is 0.368. The summed E-state index contributed by atoms with van der Waals surface area (Å²) >= 11 is 0. The van der Waals surface area contributed by atoms with Crippen molar-refractivity contribution in [2.24, 2.45) is 0 Å². The number of nitrogens with one attached hydrogen (secondary N) is 2. The first-order valence-electron chi connectivity index (χ1n) is 9.63. The van der Waals surface area contributed by atoms with Crippen LogP contribution in [0.15, 0.2) is 48.2 Å². The fourth-order valence-electron chi connectivity index (χ4n) is 2.42. The van der Waals surface area contributed by atoms with E-state index in [2.05, 4.69) is 23.8 Å². The van der Waals surface area contributed by atoms with Crippen molar-refractivity contribution in [2.75, 3.05) is 23.9 Å². The molecule has 0 radical (unpaired) electrons. The summed E-state index contributed by atoms with van der Waals surface area (Å²) in [5.41, 5.74) is 0.285. The van der Waals surface area contributed by atoms with E-state index in [1.165, 1.54) is 24.3 Å². The van der Waals surface area contributed by atoms with E-state index < -0.39 is 59.3 Å². The minimum absolute atomic E-state index is 0.157. The van der Waals surface area contributed by atoms with Gasteiger partial charge in [0.05, 0.1) is 12.4 Å². The Morgan fingerprint density at radius 3 is 1.76 bits per heavy atom. The number of sulfone groups is 2. The number of carbonyl (C=O) groups is 2. The van der Waals surface area contributed by atoms with Crippen LogP contribution in [-0.4, -0.2) is 65.5 Å². The van der Waals surface area contributed by atoms with Gasteiger partial charge in [-0.15, -0.1) is 0 Å². The first-order valence-corrected chi connectivity index (χ1v) is 14.7. The SMILES string of the molecule is C=CS(=O)(=O)CC(=O)NC(NC(=O)CS(=O)(=O)C=C)c1ccc(OCCCCS(=O)(=O)O)cc1. The molecule has 1 aromatic carbocycles. The number of hydrogen-bond acceptors (Lipinski definition) is 9. The molecule has 1 aromatic rings. The highest BCUT2D eigenvalue weighted by Gasteiger charge is 2.22. The van der Waals surface area contributed by atoms with Crippen LogP contribution in [0.2, 0.25) is 0 Å². The summed E-state index contributed by atoms with van der Waals surface area (Å²) in [4.78, 5) is 24.3. The van der Waals surface area contributed by atoms with Gasteiger partial charge >= 0.3 is 0 Å². The van der Waals surface area contributed by atoms with Gasteiger partial charge in [0, 0.05) is 10.8 Å². The van der Waals surface area contributed by atoms with Crippen molar-refractivity contribution < 1.29 is 44.1 Å². The van der Waals surface area contributed by atoms with E-state index in [1.54, 1.807) is 0 Å². The zero-order valence-corrected chi connectivity index (χ0v) is 20.5. The van der Waals surface area contributed by atoms with Crippen LogP contribution >= 0.6 is 0 Å². The van der Waals surface area contributed by atoms with Crippen LogP contribution in [0.25, 0.3) is 0 Å². The Morgan fingerprint density at radius 2 is 1.35 bits per heavy atom. The first-order chi connectivity index (χ1) is 15.7. The second-order valence-electron chi connectivity index (χ2n) is 6.93. The molecule has 3 N–H and O–H groups in total. The maximum atomic E-state index is 12.2. The molecular weight excluding hydrogens is 512 g/mol. The summed E-state index contributed by atoms with van der Waals surface area (Å²) in [5.74, 6) is -3.81. The molecule has 190 valence electrons. The molecule has 0 aliphatic rings. The quantitative estimate of drug-likeness (QED) is 0.157. The highest BCUT2D eigenvalue weighted by molar-refractivity contribution is 7.95. The van der Waals surface area contributed by atoms with Crippen LogP contribution in [0.5, 0.6) is 5.75 Å². The van der Waals surface area contributed by atoms with Crippen LogP contribution < -0.4 is 15.4 Å². The Balaban J connectivity index is 2.91. The van der Waals surface area contributed by atoms with Crippen molar-refractivity contribution in [3.63, 3.8) is 0 Å².